The third-order valence-corrected chi connectivity index (χ3v) is 1.52. The number of para-hydroxylation sites is 1. The third kappa shape index (κ3) is 4.42. The Hall–Kier alpha value is -0.913. The fourth-order valence-electron chi connectivity index (χ4n) is 0.979. The van der Waals surface area contributed by atoms with E-state index in [1.165, 1.54) is 12.1 Å². The minimum atomic E-state index is -0.542. The van der Waals surface area contributed by atoms with Gasteiger partial charge in [-0.05, 0) is 32.9 Å². The molecule has 0 aliphatic carbocycles. The van der Waals surface area contributed by atoms with Crippen LogP contribution in [0.1, 0.15) is 31.1 Å². The summed E-state index contributed by atoms with van der Waals surface area (Å²) >= 11 is 0. The number of aromatic hydroxyl groups is 1. The molecule has 0 atom stereocenters. The Morgan fingerprint density at radius 2 is 1.80 bits per heavy atom. The first-order chi connectivity index (χ1) is 6.40. The van der Waals surface area contributed by atoms with E-state index >= 15 is 0 Å². The van der Waals surface area contributed by atoms with Gasteiger partial charge in [0, 0.05) is 18.9 Å². The summed E-state index contributed by atoms with van der Waals surface area (Å²) in [4.78, 5) is 11.5. The van der Waals surface area contributed by atoms with Crippen molar-refractivity contribution in [3.8, 4) is 5.75 Å². The summed E-state index contributed by atoms with van der Waals surface area (Å²) in [6.45, 7) is 5.35. The zero-order valence-corrected chi connectivity index (χ0v) is 9.57. The smallest absolute Gasteiger partial charge is 0.342 e. The number of benzene rings is 1. The van der Waals surface area contributed by atoms with Crippen LogP contribution in [0.25, 0.3) is 0 Å². The maximum absolute atomic E-state index is 11.5. The summed E-state index contributed by atoms with van der Waals surface area (Å²) in [5, 5.41) is 9.38. The molecule has 1 aromatic rings. The minimum absolute atomic E-state index is 0. The molecule has 0 amide bonds. The van der Waals surface area contributed by atoms with Crippen LogP contribution in [0.5, 0.6) is 5.75 Å². The molecule has 3 nitrogen and oxygen atoms in total. The van der Waals surface area contributed by atoms with Gasteiger partial charge >= 0.3 is 5.97 Å². The standard InChI is InChI=1S/C11H14O3.Li/c1-11(2,3)14-10(13)8-6-4-5-7-9(8)12;/h4-7,12H,1-3H3;. The van der Waals surface area contributed by atoms with Gasteiger partial charge in [-0.15, -0.1) is 0 Å². The molecule has 0 heterocycles. The Bertz CT molecular complexity index is 342. The normalized spacial score (nSPS) is 10.3. The van der Waals surface area contributed by atoms with Gasteiger partial charge in [-0.2, -0.15) is 0 Å². The Balaban J connectivity index is 0.00000196. The molecular formula is C11H14LiO3. The van der Waals surface area contributed by atoms with Crippen molar-refractivity contribution in [2.45, 2.75) is 26.4 Å². The molecular weight excluding hydrogens is 187 g/mol. The van der Waals surface area contributed by atoms with Crippen molar-refractivity contribution in [2.75, 3.05) is 0 Å². The van der Waals surface area contributed by atoms with Gasteiger partial charge in [-0.3, -0.25) is 0 Å². The Morgan fingerprint density at radius 3 is 2.27 bits per heavy atom. The molecule has 1 rings (SSSR count). The van der Waals surface area contributed by atoms with E-state index < -0.39 is 11.6 Å². The van der Waals surface area contributed by atoms with Gasteiger partial charge in [0.25, 0.3) is 0 Å². The van der Waals surface area contributed by atoms with Crippen LogP contribution in [0.3, 0.4) is 0 Å². The van der Waals surface area contributed by atoms with Crippen molar-refractivity contribution in [1.82, 2.24) is 0 Å². The average molecular weight is 201 g/mol. The van der Waals surface area contributed by atoms with E-state index in [4.69, 9.17) is 4.74 Å². The monoisotopic (exact) mass is 201 g/mol. The SMILES string of the molecule is CC(C)(C)OC(=O)c1ccccc1O.[Li]. The van der Waals surface area contributed by atoms with Gasteiger partial charge < -0.3 is 9.84 Å². The van der Waals surface area contributed by atoms with Gasteiger partial charge in [0.1, 0.15) is 16.9 Å². The summed E-state index contributed by atoms with van der Waals surface area (Å²) < 4.78 is 5.11. The van der Waals surface area contributed by atoms with Crippen LogP contribution in [0.2, 0.25) is 0 Å². The molecule has 0 aliphatic rings. The van der Waals surface area contributed by atoms with Crippen molar-refractivity contribution in [2.24, 2.45) is 0 Å². The van der Waals surface area contributed by atoms with Crippen molar-refractivity contribution >= 4 is 24.8 Å². The minimum Gasteiger partial charge on any atom is -0.507 e. The second kappa shape index (κ2) is 5.25. The number of hydrogen-bond donors (Lipinski definition) is 1. The summed E-state index contributed by atoms with van der Waals surface area (Å²) in [6.07, 6.45) is 0. The summed E-state index contributed by atoms with van der Waals surface area (Å²) in [5.41, 5.74) is -0.346. The van der Waals surface area contributed by atoms with E-state index in [1.54, 1.807) is 32.9 Å². The molecule has 0 aromatic heterocycles. The molecule has 0 aliphatic heterocycles. The second-order valence-corrected chi connectivity index (χ2v) is 4.02. The predicted molar refractivity (Wildman–Crippen MR) is 59.0 cm³/mol. The Morgan fingerprint density at radius 1 is 1.27 bits per heavy atom. The number of esters is 1. The van der Waals surface area contributed by atoms with Gasteiger partial charge in [0.2, 0.25) is 0 Å². The van der Waals surface area contributed by atoms with Crippen molar-refractivity contribution in [1.29, 1.82) is 0 Å². The van der Waals surface area contributed by atoms with Crippen LogP contribution in [0.15, 0.2) is 24.3 Å². The molecule has 4 heteroatoms. The Labute approximate surface area is 102 Å². The van der Waals surface area contributed by atoms with E-state index in [-0.39, 0.29) is 30.2 Å². The van der Waals surface area contributed by atoms with Crippen molar-refractivity contribution in [3.63, 3.8) is 0 Å². The average Bonchev–Trinajstić information content (AvgIpc) is 2.01. The quantitative estimate of drug-likeness (QED) is 0.558. The fraction of sp³-hybridized carbons (Fsp3) is 0.364. The summed E-state index contributed by atoms with van der Waals surface area (Å²) in [7, 11) is 0. The van der Waals surface area contributed by atoms with Crippen molar-refractivity contribution in [3.05, 3.63) is 29.8 Å². The van der Waals surface area contributed by atoms with Crippen molar-refractivity contribution < 1.29 is 14.6 Å². The zero-order chi connectivity index (χ0) is 10.8. The van der Waals surface area contributed by atoms with Crippen LogP contribution < -0.4 is 0 Å². The number of phenols is 1. The van der Waals surface area contributed by atoms with Crippen LogP contribution in [-0.4, -0.2) is 35.5 Å². The van der Waals surface area contributed by atoms with Crippen LogP contribution >= 0.6 is 0 Å². The van der Waals surface area contributed by atoms with Crippen LogP contribution in [0, 0.1) is 0 Å². The number of ether oxygens (including phenoxy) is 1. The topological polar surface area (TPSA) is 46.5 Å². The molecule has 0 spiro atoms. The predicted octanol–water partition coefficient (Wildman–Crippen LogP) is 1.97. The molecule has 0 saturated heterocycles. The molecule has 0 saturated carbocycles. The summed E-state index contributed by atoms with van der Waals surface area (Å²) in [5.74, 6) is -0.558. The first-order valence-electron chi connectivity index (χ1n) is 4.41. The number of hydrogen-bond acceptors (Lipinski definition) is 3. The molecule has 15 heavy (non-hydrogen) atoms. The maximum atomic E-state index is 11.5. The first kappa shape index (κ1) is 14.1. The van der Waals surface area contributed by atoms with Gasteiger partial charge in [0.15, 0.2) is 0 Å². The molecule has 1 N–H and O–H groups in total. The maximum Gasteiger partial charge on any atom is 0.342 e. The van der Waals surface area contributed by atoms with E-state index in [1.807, 2.05) is 0 Å². The molecule has 0 fully saturated rings. The number of phenolic OH excluding ortho intramolecular Hbond substituents is 1. The fourth-order valence-corrected chi connectivity index (χ4v) is 0.979. The molecule has 77 valence electrons. The molecule has 1 radical (unpaired) electrons. The van der Waals surface area contributed by atoms with E-state index in [2.05, 4.69) is 0 Å². The number of carbonyl (C=O) groups is 1. The number of rotatable bonds is 1. The number of carbonyl (C=O) groups excluding carboxylic acids is 1. The summed E-state index contributed by atoms with van der Waals surface area (Å²) in [6, 6.07) is 6.32. The molecule has 0 bridgehead atoms. The van der Waals surface area contributed by atoms with Gasteiger partial charge in [-0.25, -0.2) is 4.79 Å². The van der Waals surface area contributed by atoms with Gasteiger partial charge in [-0.1, -0.05) is 12.1 Å². The van der Waals surface area contributed by atoms with E-state index in [9.17, 15) is 9.90 Å². The van der Waals surface area contributed by atoms with E-state index in [0.29, 0.717) is 0 Å². The second-order valence-electron chi connectivity index (χ2n) is 4.02. The molecule has 0 unspecified atom stereocenters. The zero-order valence-electron chi connectivity index (χ0n) is 9.57. The van der Waals surface area contributed by atoms with Crippen LogP contribution in [-0.2, 0) is 4.74 Å². The van der Waals surface area contributed by atoms with Crippen LogP contribution in [0.4, 0.5) is 0 Å². The van der Waals surface area contributed by atoms with Gasteiger partial charge in [0.05, 0.1) is 0 Å². The molecule has 1 aromatic carbocycles. The van der Waals surface area contributed by atoms with E-state index in [0.717, 1.165) is 0 Å². The first-order valence-corrected chi connectivity index (χ1v) is 4.41. The Kier molecular flexibility index (Phi) is 4.93. The largest absolute Gasteiger partial charge is 0.507 e. The third-order valence-electron chi connectivity index (χ3n) is 1.52.